The van der Waals surface area contributed by atoms with Crippen LogP contribution in [-0.2, 0) is 0 Å². The second kappa shape index (κ2) is 17.6. The Labute approximate surface area is 394 Å². The Morgan fingerprint density at radius 2 is 0.735 bits per heavy atom. The summed E-state index contributed by atoms with van der Waals surface area (Å²) in [7, 11) is 0. The Kier molecular flexibility index (Phi) is 10.4. The van der Waals surface area contributed by atoms with Gasteiger partial charge in [0.05, 0.1) is 22.9 Å². The molecule has 12 rings (SSSR count). The second-order valence-corrected chi connectivity index (χ2v) is 16.7. The molecule has 320 valence electrons. The van der Waals surface area contributed by atoms with Gasteiger partial charge in [0.15, 0.2) is 11.6 Å². The van der Waals surface area contributed by atoms with E-state index in [4.69, 9.17) is 19.9 Å². The molecule has 0 amide bonds. The van der Waals surface area contributed by atoms with E-state index in [0.717, 1.165) is 72.4 Å². The molecule has 3 heterocycles. The first-order chi connectivity index (χ1) is 33.7. The average Bonchev–Trinajstić information content (AvgIpc) is 3.77. The molecule has 0 aliphatic carbocycles. The number of anilines is 3. The van der Waals surface area contributed by atoms with Crippen molar-refractivity contribution in [1.29, 1.82) is 0 Å². The summed E-state index contributed by atoms with van der Waals surface area (Å²) in [5.41, 5.74) is 15.7. The van der Waals surface area contributed by atoms with E-state index in [9.17, 15) is 0 Å². The van der Waals surface area contributed by atoms with Crippen molar-refractivity contribution in [3.8, 4) is 73.4 Å². The van der Waals surface area contributed by atoms with Gasteiger partial charge in [0.2, 0.25) is 5.95 Å². The third kappa shape index (κ3) is 7.66. The Hall–Kier alpha value is -9.26. The summed E-state index contributed by atoms with van der Waals surface area (Å²) in [6.07, 6.45) is 1.97. The minimum atomic E-state index is 0.522. The van der Waals surface area contributed by atoms with Crippen LogP contribution in [0.5, 0.6) is 0 Å². The largest absolute Gasteiger partial charge is 0.311 e. The molecule has 9 aromatic carbocycles. The fourth-order valence-corrected chi connectivity index (χ4v) is 9.17. The first-order valence-electron chi connectivity index (χ1n) is 22.8. The third-order valence-electron chi connectivity index (χ3n) is 12.5. The van der Waals surface area contributed by atoms with Crippen molar-refractivity contribution in [3.63, 3.8) is 0 Å². The molecule has 0 fully saturated rings. The number of hydrogen-bond acceptors (Lipinski definition) is 5. The second-order valence-electron chi connectivity index (χ2n) is 16.7. The van der Waals surface area contributed by atoms with Crippen molar-refractivity contribution in [2.24, 2.45) is 0 Å². The highest BCUT2D eigenvalue weighted by atomic mass is 15.2. The maximum Gasteiger partial charge on any atom is 0.238 e. The molecule has 12 aromatic rings. The van der Waals surface area contributed by atoms with Crippen LogP contribution in [0.1, 0.15) is 0 Å². The minimum absolute atomic E-state index is 0.522. The molecular weight excluding hydrogens is 829 g/mol. The zero-order valence-electron chi connectivity index (χ0n) is 36.9. The number of para-hydroxylation sites is 1. The molecule has 3 aromatic heterocycles. The summed E-state index contributed by atoms with van der Waals surface area (Å²) >= 11 is 0. The molecule has 68 heavy (non-hydrogen) atoms. The number of fused-ring (bicyclic) bond motifs is 3. The summed E-state index contributed by atoms with van der Waals surface area (Å²) < 4.78 is 2.16. The molecule has 0 unspecified atom stereocenters. The first kappa shape index (κ1) is 40.3. The van der Waals surface area contributed by atoms with Crippen molar-refractivity contribution >= 4 is 38.9 Å². The summed E-state index contributed by atoms with van der Waals surface area (Å²) in [4.78, 5) is 22.9. The van der Waals surface area contributed by atoms with Gasteiger partial charge in [-0.25, -0.2) is 4.98 Å². The van der Waals surface area contributed by atoms with Crippen LogP contribution >= 0.6 is 0 Å². The molecule has 0 atom stereocenters. The van der Waals surface area contributed by atoms with E-state index >= 15 is 0 Å². The highest BCUT2D eigenvalue weighted by molar-refractivity contribution is 6.14. The van der Waals surface area contributed by atoms with Crippen LogP contribution in [0.2, 0.25) is 0 Å². The zero-order chi connectivity index (χ0) is 45.2. The van der Waals surface area contributed by atoms with E-state index in [1.54, 1.807) is 0 Å². The number of nitrogens with zero attached hydrogens (tertiary/aromatic N) is 6. The molecule has 0 N–H and O–H groups in total. The summed E-state index contributed by atoms with van der Waals surface area (Å²) in [6, 6.07) is 86.8. The third-order valence-corrected chi connectivity index (χ3v) is 12.5. The topological polar surface area (TPSA) is 59.7 Å². The quantitative estimate of drug-likeness (QED) is 0.137. The van der Waals surface area contributed by atoms with Crippen LogP contribution in [0.3, 0.4) is 0 Å². The summed E-state index contributed by atoms with van der Waals surface area (Å²) in [5, 5.41) is 2.13. The SMILES string of the molecule is c1ccc(-c2ccc(N(c3ccc(-c4ccccc4)cc3)c3ccc(-c4cc5c6cccc(-c7ccccc7)c6n(-c6nc(-c7ccccc7)nc(-c7ccccc7)n6)c5cn4)cc3)cc2)cc1. The molecule has 0 saturated heterocycles. The van der Waals surface area contributed by atoms with Gasteiger partial charge in [0.1, 0.15) is 0 Å². The Bertz CT molecular complexity index is 3530. The van der Waals surface area contributed by atoms with Crippen LogP contribution in [-0.4, -0.2) is 24.5 Å². The maximum absolute atomic E-state index is 5.21. The molecule has 0 aliphatic heterocycles. The number of pyridine rings is 1. The monoisotopic (exact) mass is 870 g/mol. The van der Waals surface area contributed by atoms with Gasteiger partial charge < -0.3 is 4.90 Å². The molecule has 6 heteroatoms. The van der Waals surface area contributed by atoms with Gasteiger partial charge in [-0.1, -0.05) is 206 Å². The fourth-order valence-electron chi connectivity index (χ4n) is 9.17. The zero-order valence-corrected chi connectivity index (χ0v) is 36.9. The standard InChI is InChI=1S/C62H42N6/c1-6-17-43(18-7-1)45-29-35-51(36-30-45)67(52-37-31-46(32-38-52)44-19-8-2-9-20-44)53-39-33-48(34-40-53)57-41-56-55-28-16-27-54(47-21-10-3-11-22-47)59(55)68(58(56)42-63-57)62-65-60(49-23-12-4-13-24-49)64-61(66-62)50-25-14-5-15-26-50/h1-42H. The van der Waals surface area contributed by atoms with Gasteiger partial charge in [-0.2, -0.15) is 9.97 Å². The lowest BCUT2D eigenvalue weighted by molar-refractivity contribution is 0.952. The summed E-state index contributed by atoms with van der Waals surface area (Å²) in [6.45, 7) is 0. The van der Waals surface area contributed by atoms with Gasteiger partial charge in [0.25, 0.3) is 0 Å². The fraction of sp³-hybridized carbons (Fsp3) is 0. The Balaban J connectivity index is 0.983. The number of rotatable bonds is 10. The number of aromatic nitrogens is 5. The predicted octanol–water partition coefficient (Wildman–Crippen LogP) is 15.8. The van der Waals surface area contributed by atoms with Crippen LogP contribution in [0, 0.1) is 0 Å². The predicted molar refractivity (Wildman–Crippen MR) is 279 cm³/mol. The molecule has 0 spiro atoms. The molecule has 0 aliphatic rings. The van der Waals surface area contributed by atoms with E-state index in [0.29, 0.717) is 17.6 Å². The van der Waals surface area contributed by atoms with Crippen LogP contribution in [0.15, 0.2) is 255 Å². The lowest BCUT2D eigenvalue weighted by atomic mass is 10.0. The van der Waals surface area contributed by atoms with E-state index in [2.05, 4.69) is 191 Å². The Morgan fingerprint density at radius 3 is 1.21 bits per heavy atom. The molecule has 0 bridgehead atoms. The van der Waals surface area contributed by atoms with Crippen molar-refractivity contribution in [2.45, 2.75) is 0 Å². The molecular formula is C62H42N6. The van der Waals surface area contributed by atoms with E-state index < -0.39 is 0 Å². The normalized spacial score (nSPS) is 11.2. The summed E-state index contributed by atoms with van der Waals surface area (Å²) in [5.74, 6) is 1.72. The average molecular weight is 871 g/mol. The number of hydrogen-bond donors (Lipinski definition) is 0. The van der Waals surface area contributed by atoms with E-state index in [1.165, 1.54) is 22.3 Å². The van der Waals surface area contributed by atoms with Gasteiger partial charge in [-0.15, -0.1) is 0 Å². The van der Waals surface area contributed by atoms with Gasteiger partial charge >= 0.3 is 0 Å². The van der Waals surface area contributed by atoms with Crippen molar-refractivity contribution in [2.75, 3.05) is 4.90 Å². The van der Waals surface area contributed by atoms with Gasteiger partial charge in [-0.3, -0.25) is 9.55 Å². The van der Waals surface area contributed by atoms with Crippen molar-refractivity contribution in [3.05, 3.63) is 255 Å². The number of benzene rings is 9. The van der Waals surface area contributed by atoms with Crippen LogP contribution < -0.4 is 4.90 Å². The first-order valence-corrected chi connectivity index (χ1v) is 22.8. The Morgan fingerprint density at radius 1 is 0.324 bits per heavy atom. The van der Waals surface area contributed by atoms with E-state index in [1.807, 2.05) is 72.9 Å². The van der Waals surface area contributed by atoms with Crippen molar-refractivity contribution in [1.82, 2.24) is 24.5 Å². The van der Waals surface area contributed by atoms with Crippen LogP contribution in [0.4, 0.5) is 17.1 Å². The molecule has 0 saturated carbocycles. The molecule has 0 radical (unpaired) electrons. The van der Waals surface area contributed by atoms with Gasteiger partial charge in [0, 0.05) is 50.1 Å². The van der Waals surface area contributed by atoms with Gasteiger partial charge in [-0.05, 0) is 70.3 Å². The lowest BCUT2D eigenvalue weighted by Gasteiger charge is -2.26. The van der Waals surface area contributed by atoms with Crippen LogP contribution in [0.25, 0.3) is 95.2 Å². The lowest BCUT2D eigenvalue weighted by Crippen LogP contribution is -2.09. The van der Waals surface area contributed by atoms with Crippen molar-refractivity contribution < 1.29 is 0 Å². The smallest absolute Gasteiger partial charge is 0.238 e. The highest BCUT2D eigenvalue weighted by Crippen LogP contribution is 2.41. The molecule has 6 nitrogen and oxygen atoms in total. The minimum Gasteiger partial charge on any atom is -0.311 e. The maximum atomic E-state index is 5.21. The highest BCUT2D eigenvalue weighted by Gasteiger charge is 2.22. The van der Waals surface area contributed by atoms with E-state index in [-0.39, 0.29) is 0 Å².